The third kappa shape index (κ3) is 3.20. The minimum absolute atomic E-state index is 0.0989. The van der Waals surface area contributed by atoms with Gasteiger partial charge in [0.25, 0.3) is 5.91 Å². The molecule has 7 nitrogen and oxygen atoms in total. The van der Waals surface area contributed by atoms with Gasteiger partial charge in [-0.3, -0.25) is 4.79 Å². The Morgan fingerprint density at radius 1 is 1.26 bits per heavy atom. The highest BCUT2D eigenvalue weighted by atomic mass is 16.5. The number of hydrogen-bond donors (Lipinski definition) is 3. The predicted octanol–water partition coefficient (Wildman–Crippen LogP) is 2.96. The minimum Gasteiger partial charge on any atom is -0.491 e. The Kier molecular flexibility index (Phi) is 3.92. The van der Waals surface area contributed by atoms with Crippen molar-refractivity contribution in [3.8, 4) is 16.9 Å². The van der Waals surface area contributed by atoms with E-state index in [4.69, 9.17) is 4.74 Å². The summed E-state index contributed by atoms with van der Waals surface area (Å²) in [6.07, 6.45) is 7.65. The first-order chi connectivity index (χ1) is 13.3. The maximum atomic E-state index is 12.1. The Morgan fingerprint density at radius 2 is 2.19 bits per heavy atom. The smallest absolute Gasteiger partial charge is 0.255 e. The number of nitrogens with one attached hydrogen (secondary N) is 3. The van der Waals surface area contributed by atoms with Crippen LogP contribution in [0.5, 0.6) is 5.75 Å². The topological polar surface area (TPSA) is 91.9 Å². The lowest BCUT2D eigenvalue weighted by Crippen LogP contribution is -2.24. The van der Waals surface area contributed by atoms with E-state index in [9.17, 15) is 4.79 Å². The van der Waals surface area contributed by atoms with Gasteiger partial charge in [0.15, 0.2) is 0 Å². The molecule has 7 heteroatoms. The van der Waals surface area contributed by atoms with Crippen LogP contribution in [0.15, 0.2) is 30.6 Å². The van der Waals surface area contributed by atoms with Gasteiger partial charge in [0.1, 0.15) is 18.0 Å². The summed E-state index contributed by atoms with van der Waals surface area (Å²) in [7, 11) is 0. The molecule has 0 bridgehead atoms. The van der Waals surface area contributed by atoms with Crippen LogP contribution in [-0.2, 0) is 0 Å². The number of ether oxygens (including phenoxy) is 1. The number of nitrogens with zero attached hydrogens (tertiary/aromatic N) is 2. The highest BCUT2D eigenvalue weighted by Crippen LogP contribution is 2.33. The summed E-state index contributed by atoms with van der Waals surface area (Å²) in [5.74, 6) is 2.05. The molecule has 0 unspecified atom stereocenters. The standard InChI is InChI=1S/C20H21N5O2/c26-19-14-4-3-13(9-17(14)27-8-7-21-19)15-10-23-18-16(15)11-24-20(25-18)22-6-5-12-1-2-12/h3-4,9-12H,1-2,5-8H2,(H,21,26)(H2,22,23,24,25). The molecule has 0 saturated heterocycles. The molecule has 1 saturated carbocycles. The fraction of sp³-hybridized carbons (Fsp3) is 0.350. The van der Waals surface area contributed by atoms with Gasteiger partial charge in [-0.2, -0.15) is 4.98 Å². The fourth-order valence-corrected chi connectivity index (χ4v) is 3.44. The van der Waals surface area contributed by atoms with Crippen molar-refractivity contribution in [3.05, 3.63) is 36.2 Å². The van der Waals surface area contributed by atoms with Crippen LogP contribution in [0.4, 0.5) is 5.95 Å². The number of H-pyrrole nitrogens is 1. The van der Waals surface area contributed by atoms with Crippen LogP contribution >= 0.6 is 0 Å². The lowest BCUT2D eigenvalue weighted by molar-refractivity contribution is 0.0957. The Bertz CT molecular complexity index is 1010. The molecule has 0 radical (unpaired) electrons. The van der Waals surface area contributed by atoms with E-state index in [1.807, 2.05) is 24.5 Å². The van der Waals surface area contributed by atoms with Gasteiger partial charge in [0.2, 0.25) is 5.95 Å². The maximum absolute atomic E-state index is 12.1. The molecule has 5 rings (SSSR count). The third-order valence-corrected chi connectivity index (χ3v) is 5.15. The minimum atomic E-state index is -0.0989. The van der Waals surface area contributed by atoms with Crippen molar-refractivity contribution in [3.63, 3.8) is 0 Å². The normalized spacial score (nSPS) is 16.4. The van der Waals surface area contributed by atoms with Crippen LogP contribution in [0.1, 0.15) is 29.6 Å². The van der Waals surface area contributed by atoms with Crippen LogP contribution in [-0.4, -0.2) is 40.6 Å². The van der Waals surface area contributed by atoms with Gasteiger partial charge in [-0.05, 0) is 30.0 Å². The number of hydrogen-bond acceptors (Lipinski definition) is 5. The molecular formula is C20H21N5O2. The largest absolute Gasteiger partial charge is 0.491 e. The highest BCUT2D eigenvalue weighted by molar-refractivity contribution is 5.99. The molecule has 3 heterocycles. The van der Waals surface area contributed by atoms with Crippen molar-refractivity contribution in [1.82, 2.24) is 20.3 Å². The number of aromatic nitrogens is 3. The summed E-state index contributed by atoms with van der Waals surface area (Å²) < 4.78 is 5.72. The van der Waals surface area contributed by atoms with Gasteiger partial charge in [0.05, 0.1) is 12.1 Å². The summed E-state index contributed by atoms with van der Waals surface area (Å²) >= 11 is 0. The van der Waals surface area contributed by atoms with E-state index < -0.39 is 0 Å². The zero-order chi connectivity index (χ0) is 18.2. The molecule has 0 atom stereocenters. The molecule has 1 aliphatic heterocycles. The number of anilines is 1. The van der Waals surface area contributed by atoms with Crippen LogP contribution < -0.4 is 15.4 Å². The second-order valence-corrected chi connectivity index (χ2v) is 7.13. The first-order valence-corrected chi connectivity index (χ1v) is 9.41. The fourth-order valence-electron chi connectivity index (χ4n) is 3.44. The third-order valence-electron chi connectivity index (χ3n) is 5.15. The quantitative estimate of drug-likeness (QED) is 0.648. The first kappa shape index (κ1) is 16.1. The molecule has 3 N–H and O–H groups in total. The number of aromatic amines is 1. The lowest BCUT2D eigenvalue weighted by Gasteiger charge is -2.08. The van der Waals surface area contributed by atoms with Gasteiger partial charge in [-0.25, -0.2) is 4.98 Å². The Morgan fingerprint density at radius 3 is 3.07 bits per heavy atom. The summed E-state index contributed by atoms with van der Waals surface area (Å²) in [5.41, 5.74) is 3.32. The van der Waals surface area contributed by atoms with Gasteiger partial charge < -0.3 is 20.4 Å². The zero-order valence-corrected chi connectivity index (χ0v) is 14.9. The molecule has 138 valence electrons. The van der Waals surface area contributed by atoms with Crippen LogP contribution in [0, 0.1) is 5.92 Å². The SMILES string of the molecule is O=C1NCCOc2cc(-c3c[nH]c4nc(NCCC5CC5)ncc34)ccc21. The van der Waals surface area contributed by atoms with E-state index in [1.165, 1.54) is 19.3 Å². The number of carbonyl (C=O) groups is 1. The van der Waals surface area contributed by atoms with E-state index >= 15 is 0 Å². The predicted molar refractivity (Wildman–Crippen MR) is 103 cm³/mol. The molecule has 3 aromatic rings. The number of rotatable bonds is 5. The van der Waals surface area contributed by atoms with Crippen molar-refractivity contribution in [2.75, 3.05) is 25.0 Å². The van der Waals surface area contributed by atoms with E-state index in [0.29, 0.717) is 30.4 Å². The summed E-state index contributed by atoms with van der Waals surface area (Å²) in [5, 5.41) is 7.07. The zero-order valence-electron chi connectivity index (χ0n) is 14.9. The van der Waals surface area contributed by atoms with Gasteiger partial charge >= 0.3 is 0 Å². The number of fused-ring (bicyclic) bond motifs is 2. The highest BCUT2D eigenvalue weighted by Gasteiger charge is 2.20. The number of amides is 1. The van der Waals surface area contributed by atoms with E-state index in [-0.39, 0.29) is 5.91 Å². The number of carbonyl (C=O) groups excluding carboxylic acids is 1. The number of benzene rings is 1. The Balaban J connectivity index is 1.42. The van der Waals surface area contributed by atoms with Crippen molar-refractivity contribution in [2.24, 2.45) is 5.92 Å². The van der Waals surface area contributed by atoms with E-state index in [1.54, 1.807) is 6.07 Å². The van der Waals surface area contributed by atoms with Crippen LogP contribution in [0.2, 0.25) is 0 Å². The average molecular weight is 363 g/mol. The van der Waals surface area contributed by atoms with Gasteiger partial charge in [-0.1, -0.05) is 18.9 Å². The van der Waals surface area contributed by atoms with Crippen molar-refractivity contribution >= 4 is 22.9 Å². The molecule has 1 aromatic carbocycles. The van der Waals surface area contributed by atoms with Crippen LogP contribution in [0.25, 0.3) is 22.2 Å². The molecule has 2 aliphatic rings. The molecule has 1 aliphatic carbocycles. The van der Waals surface area contributed by atoms with Crippen molar-refractivity contribution in [2.45, 2.75) is 19.3 Å². The molecular weight excluding hydrogens is 342 g/mol. The molecule has 1 fully saturated rings. The summed E-state index contributed by atoms with van der Waals surface area (Å²) in [6, 6.07) is 5.64. The molecule has 27 heavy (non-hydrogen) atoms. The second kappa shape index (κ2) is 6.57. The maximum Gasteiger partial charge on any atom is 0.255 e. The Hall–Kier alpha value is -3.09. The molecule has 2 aromatic heterocycles. The Labute approximate surface area is 156 Å². The van der Waals surface area contributed by atoms with Crippen molar-refractivity contribution in [1.29, 1.82) is 0 Å². The average Bonchev–Trinajstić information content (AvgIpc) is 3.44. The monoisotopic (exact) mass is 363 g/mol. The second-order valence-electron chi connectivity index (χ2n) is 7.13. The lowest BCUT2D eigenvalue weighted by atomic mass is 10.0. The molecule has 1 amide bonds. The summed E-state index contributed by atoms with van der Waals surface area (Å²) in [6.45, 7) is 1.89. The summed E-state index contributed by atoms with van der Waals surface area (Å²) in [4.78, 5) is 24.3. The molecule has 0 spiro atoms. The van der Waals surface area contributed by atoms with E-state index in [2.05, 4.69) is 25.6 Å². The van der Waals surface area contributed by atoms with Crippen LogP contribution in [0.3, 0.4) is 0 Å². The van der Waals surface area contributed by atoms with Crippen molar-refractivity contribution < 1.29 is 9.53 Å². The van der Waals surface area contributed by atoms with Gasteiger partial charge in [0, 0.05) is 29.9 Å². The first-order valence-electron chi connectivity index (χ1n) is 9.41. The van der Waals surface area contributed by atoms with Gasteiger partial charge in [-0.15, -0.1) is 0 Å². The van der Waals surface area contributed by atoms with E-state index in [0.717, 1.165) is 34.6 Å².